The summed E-state index contributed by atoms with van der Waals surface area (Å²) < 4.78 is 4.93. The Labute approximate surface area is 138 Å². The maximum absolute atomic E-state index is 11.8. The highest BCUT2D eigenvalue weighted by Crippen LogP contribution is 2.06. The fourth-order valence-corrected chi connectivity index (χ4v) is 1.58. The van der Waals surface area contributed by atoms with E-state index in [-0.39, 0.29) is 12.5 Å². The van der Waals surface area contributed by atoms with E-state index < -0.39 is 30.7 Å². The normalized spacial score (nSPS) is 11.6. The van der Waals surface area contributed by atoms with Gasteiger partial charge in [0.1, 0.15) is 6.61 Å². The molecule has 0 spiro atoms. The van der Waals surface area contributed by atoms with Crippen molar-refractivity contribution in [1.82, 2.24) is 11.0 Å². The summed E-state index contributed by atoms with van der Waals surface area (Å²) in [5.74, 6) is -2.28. The lowest BCUT2D eigenvalue weighted by atomic mass is 10.1. The highest BCUT2D eigenvalue weighted by atomic mass is 16.7. The summed E-state index contributed by atoms with van der Waals surface area (Å²) in [6.07, 6.45) is -1.94. The molecule has 0 aliphatic heterocycles. The Morgan fingerprint density at radius 3 is 2.38 bits per heavy atom. The van der Waals surface area contributed by atoms with Crippen molar-refractivity contribution in [2.24, 2.45) is 5.92 Å². The first kappa shape index (κ1) is 19.4. The maximum Gasteiger partial charge on any atom is 0.431 e. The molecule has 132 valence electrons. The van der Waals surface area contributed by atoms with Crippen LogP contribution in [0.15, 0.2) is 30.3 Å². The summed E-state index contributed by atoms with van der Waals surface area (Å²) in [5, 5.41) is 8.42. The fourth-order valence-electron chi connectivity index (χ4n) is 1.58. The molecule has 0 fully saturated rings. The fraction of sp³-hybridized carbons (Fsp3) is 0.400. The zero-order chi connectivity index (χ0) is 17.9. The molecule has 0 aliphatic rings. The van der Waals surface area contributed by atoms with Crippen molar-refractivity contribution in [3.05, 3.63) is 35.9 Å². The van der Waals surface area contributed by atoms with Gasteiger partial charge in [-0.2, -0.15) is 5.48 Å². The molecule has 0 saturated heterocycles. The van der Waals surface area contributed by atoms with Crippen LogP contribution in [0.25, 0.3) is 0 Å². The first-order valence-electron chi connectivity index (χ1n) is 7.16. The van der Waals surface area contributed by atoms with Gasteiger partial charge in [0.15, 0.2) is 12.7 Å². The zero-order valence-electron chi connectivity index (χ0n) is 13.4. The first-order chi connectivity index (χ1) is 11.4. The number of hydroxylamine groups is 2. The molecule has 0 aromatic heterocycles. The average molecular weight is 340 g/mol. The third-order valence-electron chi connectivity index (χ3n) is 2.71. The van der Waals surface area contributed by atoms with Gasteiger partial charge in [-0.05, 0) is 11.5 Å². The molecule has 1 rings (SSSR count). The second kappa shape index (κ2) is 10.2. The van der Waals surface area contributed by atoms with Crippen LogP contribution in [0.4, 0.5) is 4.79 Å². The Morgan fingerprint density at radius 1 is 1.12 bits per heavy atom. The Kier molecular flexibility index (Phi) is 8.23. The van der Waals surface area contributed by atoms with Crippen molar-refractivity contribution in [3.63, 3.8) is 0 Å². The Balaban J connectivity index is 2.37. The lowest BCUT2D eigenvalue weighted by Crippen LogP contribution is -2.44. The van der Waals surface area contributed by atoms with Crippen LogP contribution >= 0.6 is 0 Å². The average Bonchev–Trinajstić information content (AvgIpc) is 2.53. The van der Waals surface area contributed by atoms with E-state index in [1.54, 1.807) is 26.0 Å². The standard InChI is InChI=1S/C15H20N2O7/c1-10(2)13(14(20)16-23-9-12(18)19)24-17-15(21)22-8-11-6-4-3-5-7-11/h3-7,10,13H,8-9H2,1-2H3,(H,16,20)(H,17,21)(H,18,19)/t13-/m0/s1. The number of aliphatic carboxylic acids is 1. The van der Waals surface area contributed by atoms with Gasteiger partial charge in [-0.25, -0.2) is 15.1 Å². The number of carboxylic acids is 1. The van der Waals surface area contributed by atoms with Crippen LogP contribution in [0.3, 0.4) is 0 Å². The molecule has 1 atom stereocenters. The number of nitrogens with one attached hydrogen (secondary N) is 2. The maximum atomic E-state index is 11.8. The third-order valence-corrected chi connectivity index (χ3v) is 2.71. The molecule has 0 saturated carbocycles. The van der Waals surface area contributed by atoms with E-state index in [1.807, 2.05) is 29.2 Å². The Hall–Kier alpha value is -2.65. The van der Waals surface area contributed by atoms with Gasteiger partial charge >= 0.3 is 12.1 Å². The van der Waals surface area contributed by atoms with Gasteiger partial charge in [-0.3, -0.25) is 14.5 Å². The summed E-state index contributed by atoms with van der Waals surface area (Å²) in [6.45, 7) is 2.72. The molecule has 2 amide bonds. The van der Waals surface area contributed by atoms with Crippen LogP contribution < -0.4 is 11.0 Å². The van der Waals surface area contributed by atoms with Crippen LogP contribution in [-0.4, -0.2) is 35.8 Å². The van der Waals surface area contributed by atoms with Crippen molar-refractivity contribution in [1.29, 1.82) is 0 Å². The second-order valence-electron chi connectivity index (χ2n) is 5.09. The zero-order valence-corrected chi connectivity index (χ0v) is 13.4. The summed E-state index contributed by atoms with van der Waals surface area (Å²) >= 11 is 0. The molecule has 0 unspecified atom stereocenters. The van der Waals surface area contributed by atoms with Crippen LogP contribution in [0.2, 0.25) is 0 Å². The number of rotatable bonds is 9. The van der Waals surface area contributed by atoms with Gasteiger partial charge < -0.3 is 9.84 Å². The number of amides is 2. The minimum Gasteiger partial charge on any atom is -0.479 e. The van der Waals surface area contributed by atoms with Crippen molar-refractivity contribution in [2.75, 3.05) is 6.61 Å². The van der Waals surface area contributed by atoms with Crippen LogP contribution in [0, 0.1) is 5.92 Å². The molecule has 0 bridgehead atoms. The molecular formula is C15H20N2O7. The van der Waals surface area contributed by atoms with Gasteiger partial charge in [-0.1, -0.05) is 44.2 Å². The SMILES string of the molecule is CC(C)[C@H](ONC(=O)OCc1ccccc1)C(=O)NOCC(=O)O. The second-order valence-corrected chi connectivity index (χ2v) is 5.09. The van der Waals surface area contributed by atoms with Gasteiger partial charge in [0.2, 0.25) is 0 Å². The quantitative estimate of drug-likeness (QED) is 0.573. The lowest BCUT2D eigenvalue weighted by molar-refractivity contribution is -0.159. The molecular weight excluding hydrogens is 320 g/mol. The Morgan fingerprint density at radius 2 is 1.79 bits per heavy atom. The molecule has 3 N–H and O–H groups in total. The van der Waals surface area contributed by atoms with E-state index in [0.29, 0.717) is 0 Å². The predicted octanol–water partition coefficient (Wildman–Crippen LogP) is 1.00. The third kappa shape index (κ3) is 7.56. The van der Waals surface area contributed by atoms with Crippen LogP contribution in [0.5, 0.6) is 0 Å². The van der Waals surface area contributed by atoms with E-state index in [1.165, 1.54) is 0 Å². The monoisotopic (exact) mass is 340 g/mol. The summed E-state index contributed by atoms with van der Waals surface area (Å²) in [5.41, 5.74) is 4.76. The molecule has 9 heteroatoms. The van der Waals surface area contributed by atoms with Crippen LogP contribution in [-0.2, 0) is 30.6 Å². The van der Waals surface area contributed by atoms with E-state index in [0.717, 1.165) is 5.56 Å². The van der Waals surface area contributed by atoms with E-state index >= 15 is 0 Å². The van der Waals surface area contributed by atoms with Gasteiger partial charge in [0, 0.05) is 0 Å². The minimum atomic E-state index is -1.24. The van der Waals surface area contributed by atoms with Crippen molar-refractivity contribution in [2.45, 2.75) is 26.6 Å². The van der Waals surface area contributed by atoms with Gasteiger partial charge in [0.25, 0.3) is 5.91 Å². The van der Waals surface area contributed by atoms with Crippen molar-refractivity contribution < 1.29 is 33.9 Å². The topological polar surface area (TPSA) is 123 Å². The summed E-state index contributed by atoms with van der Waals surface area (Å²) in [6, 6.07) is 9.04. The highest BCUT2D eigenvalue weighted by Gasteiger charge is 2.25. The molecule has 0 aliphatic carbocycles. The van der Waals surface area contributed by atoms with Crippen molar-refractivity contribution >= 4 is 18.0 Å². The van der Waals surface area contributed by atoms with E-state index in [2.05, 4.69) is 4.84 Å². The smallest absolute Gasteiger partial charge is 0.431 e. The van der Waals surface area contributed by atoms with E-state index in [9.17, 15) is 14.4 Å². The number of carboxylic acid groups (broad SMARTS) is 1. The summed E-state index contributed by atoms with van der Waals surface area (Å²) in [4.78, 5) is 43.2. The number of carbonyl (C=O) groups excluding carboxylic acids is 2. The largest absolute Gasteiger partial charge is 0.479 e. The molecule has 1 aromatic carbocycles. The molecule has 9 nitrogen and oxygen atoms in total. The minimum absolute atomic E-state index is 0.0519. The molecule has 0 radical (unpaired) electrons. The molecule has 1 aromatic rings. The number of carbonyl (C=O) groups is 3. The lowest BCUT2D eigenvalue weighted by Gasteiger charge is -2.19. The number of hydrogen-bond donors (Lipinski definition) is 3. The van der Waals surface area contributed by atoms with E-state index in [4.69, 9.17) is 14.7 Å². The first-order valence-corrected chi connectivity index (χ1v) is 7.16. The predicted molar refractivity (Wildman–Crippen MR) is 81.2 cm³/mol. The van der Waals surface area contributed by atoms with Gasteiger partial charge in [-0.15, -0.1) is 0 Å². The number of ether oxygens (including phenoxy) is 1. The summed E-state index contributed by atoms with van der Waals surface area (Å²) in [7, 11) is 0. The molecule has 0 heterocycles. The Bertz CT molecular complexity index is 548. The highest BCUT2D eigenvalue weighted by molar-refractivity contribution is 5.80. The van der Waals surface area contributed by atoms with Crippen molar-refractivity contribution in [3.8, 4) is 0 Å². The molecule has 24 heavy (non-hydrogen) atoms. The number of hydrogen-bond acceptors (Lipinski definition) is 6. The number of benzene rings is 1. The van der Waals surface area contributed by atoms with Crippen LogP contribution in [0.1, 0.15) is 19.4 Å². The van der Waals surface area contributed by atoms with Gasteiger partial charge in [0.05, 0.1) is 0 Å².